The highest BCUT2D eigenvalue weighted by Crippen LogP contribution is 2.49. The number of rotatable bonds is 5. The van der Waals surface area contributed by atoms with Crippen LogP contribution in [0.3, 0.4) is 0 Å². The molecule has 0 aliphatic carbocycles. The highest BCUT2D eigenvalue weighted by molar-refractivity contribution is 6.62. The normalized spacial score (nSPS) is 15.2. The van der Waals surface area contributed by atoms with Gasteiger partial charge in [-0.15, -0.1) is 0 Å². The quantitative estimate of drug-likeness (QED) is 0.132. The summed E-state index contributed by atoms with van der Waals surface area (Å²) in [5.74, 6) is 0. The summed E-state index contributed by atoms with van der Waals surface area (Å²) in [7, 11) is -0.489. The van der Waals surface area contributed by atoms with Gasteiger partial charge in [-0.3, -0.25) is 0 Å². The van der Waals surface area contributed by atoms with Gasteiger partial charge in [-0.05, 0) is 92.1 Å². The van der Waals surface area contributed by atoms with Crippen LogP contribution in [-0.4, -0.2) is 18.3 Å². The van der Waals surface area contributed by atoms with Crippen LogP contribution in [0.15, 0.2) is 156 Å². The van der Waals surface area contributed by atoms with E-state index in [1.165, 1.54) is 32.3 Å². The first-order chi connectivity index (χ1) is 26.1. The van der Waals surface area contributed by atoms with Crippen LogP contribution in [-0.2, 0) is 9.31 Å². The van der Waals surface area contributed by atoms with Crippen molar-refractivity contribution in [1.82, 2.24) is 0 Å². The molecule has 1 fully saturated rings. The molecule has 2 heterocycles. The molecule has 0 saturated carbocycles. The van der Waals surface area contributed by atoms with Crippen molar-refractivity contribution in [2.75, 3.05) is 4.90 Å². The number of aryl methyl sites for hydroxylation is 1. The van der Waals surface area contributed by atoms with E-state index in [9.17, 15) is 0 Å². The van der Waals surface area contributed by atoms with Crippen LogP contribution in [0.4, 0.5) is 17.1 Å². The number of hydrogen-bond donors (Lipinski definition) is 0. The molecule has 1 aliphatic rings. The van der Waals surface area contributed by atoms with Crippen molar-refractivity contribution in [2.24, 2.45) is 0 Å². The van der Waals surface area contributed by atoms with Gasteiger partial charge in [0.1, 0.15) is 11.2 Å². The zero-order valence-corrected chi connectivity index (χ0v) is 31.2. The molecule has 54 heavy (non-hydrogen) atoms. The standard InChI is InChI=1S/C49H40BNO3/c1-31-25-35(28-36(26-31)50-53-48(2,3)49(4,5)54-50)42-29-37(30-43-41-22-12-13-24-45(41)52-47(42)43)51(44-23-14-18-32-15-6-9-19-38(32)44)46-39-20-10-7-16-33(39)27-34-17-8-11-21-40(34)46/h6-30H,1-5H3. The Morgan fingerprint density at radius 2 is 1.11 bits per heavy atom. The Morgan fingerprint density at radius 1 is 0.519 bits per heavy atom. The monoisotopic (exact) mass is 701 g/mol. The number of benzene rings is 8. The molecule has 0 radical (unpaired) electrons. The maximum atomic E-state index is 6.79. The molecule has 0 bridgehead atoms. The average molecular weight is 702 g/mol. The third-order valence-electron chi connectivity index (χ3n) is 11.6. The maximum Gasteiger partial charge on any atom is 0.494 e. The Bertz CT molecular complexity index is 2870. The summed E-state index contributed by atoms with van der Waals surface area (Å²) >= 11 is 0. The Labute approximate surface area is 315 Å². The Balaban J connectivity index is 1.31. The zero-order chi connectivity index (χ0) is 36.8. The van der Waals surface area contributed by atoms with E-state index >= 15 is 0 Å². The molecule has 0 spiro atoms. The third kappa shape index (κ3) is 5.14. The first-order valence-electron chi connectivity index (χ1n) is 18.8. The molecule has 0 N–H and O–H groups in total. The second kappa shape index (κ2) is 12.1. The van der Waals surface area contributed by atoms with Gasteiger partial charge in [0.2, 0.25) is 0 Å². The van der Waals surface area contributed by atoms with Crippen molar-refractivity contribution in [3.63, 3.8) is 0 Å². The number of para-hydroxylation sites is 1. The number of hydrogen-bond acceptors (Lipinski definition) is 4. The summed E-state index contributed by atoms with van der Waals surface area (Å²) in [5.41, 5.74) is 8.27. The molecular formula is C49H40BNO3. The van der Waals surface area contributed by atoms with Gasteiger partial charge in [0, 0.05) is 38.2 Å². The maximum absolute atomic E-state index is 6.79. The molecule has 10 rings (SSSR count). The van der Waals surface area contributed by atoms with Crippen LogP contribution < -0.4 is 10.4 Å². The van der Waals surface area contributed by atoms with Gasteiger partial charge in [-0.2, -0.15) is 0 Å². The lowest BCUT2D eigenvalue weighted by Crippen LogP contribution is -2.41. The van der Waals surface area contributed by atoms with Crippen LogP contribution in [0.1, 0.15) is 33.3 Å². The van der Waals surface area contributed by atoms with Crippen molar-refractivity contribution in [3.8, 4) is 11.1 Å². The van der Waals surface area contributed by atoms with E-state index < -0.39 is 18.3 Å². The SMILES string of the molecule is Cc1cc(B2OC(C)(C)C(C)(C)O2)cc(-c2cc(N(c3cccc4ccccc34)c3c4ccccc4cc4ccccc34)cc3c2oc2ccccc23)c1. The van der Waals surface area contributed by atoms with Gasteiger partial charge >= 0.3 is 7.12 Å². The van der Waals surface area contributed by atoms with E-state index in [4.69, 9.17) is 13.7 Å². The topological polar surface area (TPSA) is 34.8 Å². The fourth-order valence-electron chi connectivity index (χ4n) is 8.26. The molecule has 1 aromatic heterocycles. The van der Waals surface area contributed by atoms with E-state index in [1.54, 1.807) is 0 Å². The van der Waals surface area contributed by atoms with Gasteiger partial charge in [0.15, 0.2) is 0 Å². The summed E-state index contributed by atoms with van der Waals surface area (Å²) in [6.07, 6.45) is 0. The van der Waals surface area contributed by atoms with Crippen molar-refractivity contribution in [3.05, 3.63) is 157 Å². The second-order valence-electron chi connectivity index (χ2n) is 15.7. The Kier molecular flexibility index (Phi) is 7.32. The van der Waals surface area contributed by atoms with E-state index in [-0.39, 0.29) is 0 Å². The van der Waals surface area contributed by atoms with Crippen LogP contribution in [0.2, 0.25) is 0 Å². The van der Waals surface area contributed by atoms with Crippen LogP contribution >= 0.6 is 0 Å². The molecular weight excluding hydrogens is 661 g/mol. The molecule has 9 aromatic rings. The first-order valence-corrected chi connectivity index (χ1v) is 18.8. The Hall–Kier alpha value is -5.88. The summed E-state index contributed by atoms with van der Waals surface area (Å²) in [5, 5.41) is 9.25. The summed E-state index contributed by atoms with van der Waals surface area (Å²) < 4.78 is 19.9. The Morgan fingerprint density at radius 3 is 1.81 bits per heavy atom. The fraction of sp³-hybridized carbons (Fsp3) is 0.143. The summed E-state index contributed by atoms with van der Waals surface area (Å²) in [6.45, 7) is 10.5. The summed E-state index contributed by atoms with van der Waals surface area (Å²) in [6, 6.07) is 54.7. The predicted molar refractivity (Wildman–Crippen MR) is 227 cm³/mol. The van der Waals surface area contributed by atoms with Gasteiger partial charge in [-0.1, -0.05) is 127 Å². The van der Waals surface area contributed by atoms with E-state index in [0.29, 0.717) is 0 Å². The van der Waals surface area contributed by atoms with E-state index in [0.717, 1.165) is 61.2 Å². The number of furan rings is 1. The van der Waals surface area contributed by atoms with Gasteiger partial charge in [-0.25, -0.2) is 0 Å². The van der Waals surface area contributed by atoms with Gasteiger partial charge in [0.05, 0.1) is 22.6 Å². The molecule has 5 heteroatoms. The van der Waals surface area contributed by atoms with Crippen LogP contribution in [0, 0.1) is 6.92 Å². The highest BCUT2D eigenvalue weighted by Gasteiger charge is 2.51. The number of anilines is 3. The molecule has 0 unspecified atom stereocenters. The average Bonchev–Trinajstić information content (AvgIpc) is 3.66. The molecule has 8 aromatic carbocycles. The van der Waals surface area contributed by atoms with Gasteiger partial charge in [0.25, 0.3) is 0 Å². The number of fused-ring (bicyclic) bond motifs is 6. The van der Waals surface area contributed by atoms with Crippen molar-refractivity contribution in [1.29, 1.82) is 0 Å². The lowest BCUT2D eigenvalue weighted by molar-refractivity contribution is 0.00578. The summed E-state index contributed by atoms with van der Waals surface area (Å²) in [4.78, 5) is 2.47. The lowest BCUT2D eigenvalue weighted by Gasteiger charge is -2.32. The lowest BCUT2D eigenvalue weighted by atomic mass is 9.77. The molecule has 0 atom stereocenters. The van der Waals surface area contributed by atoms with Crippen molar-refractivity contribution < 1.29 is 13.7 Å². The van der Waals surface area contributed by atoms with E-state index in [1.807, 2.05) is 6.07 Å². The molecule has 4 nitrogen and oxygen atoms in total. The molecule has 1 saturated heterocycles. The minimum Gasteiger partial charge on any atom is -0.455 e. The number of nitrogens with zero attached hydrogens (tertiary/aromatic N) is 1. The molecule has 262 valence electrons. The highest BCUT2D eigenvalue weighted by atomic mass is 16.7. The smallest absolute Gasteiger partial charge is 0.455 e. The minimum atomic E-state index is -0.489. The first kappa shape index (κ1) is 32.8. The fourth-order valence-corrected chi connectivity index (χ4v) is 8.26. The van der Waals surface area contributed by atoms with Crippen molar-refractivity contribution >= 4 is 83.9 Å². The zero-order valence-electron chi connectivity index (χ0n) is 31.2. The minimum absolute atomic E-state index is 0.451. The van der Waals surface area contributed by atoms with Crippen molar-refractivity contribution in [2.45, 2.75) is 45.8 Å². The largest absolute Gasteiger partial charge is 0.494 e. The van der Waals surface area contributed by atoms with Crippen LogP contribution in [0.5, 0.6) is 0 Å². The van der Waals surface area contributed by atoms with E-state index in [2.05, 4.69) is 185 Å². The van der Waals surface area contributed by atoms with Crippen LogP contribution in [0.25, 0.3) is 65.4 Å². The third-order valence-corrected chi connectivity index (χ3v) is 11.6. The molecule has 1 aliphatic heterocycles. The predicted octanol–water partition coefficient (Wildman–Crippen LogP) is 12.8. The molecule has 0 amide bonds. The van der Waals surface area contributed by atoms with Gasteiger partial charge < -0.3 is 18.6 Å². The second-order valence-corrected chi connectivity index (χ2v) is 15.7.